The van der Waals surface area contributed by atoms with Gasteiger partial charge in [-0.05, 0) is 0 Å². The SMILES string of the molecule is COC(=O)CCSCC(=O)c1ccccc1. The molecule has 4 heteroatoms. The van der Waals surface area contributed by atoms with E-state index in [1.165, 1.54) is 18.9 Å². The topological polar surface area (TPSA) is 43.4 Å². The first-order valence-corrected chi connectivity index (χ1v) is 6.12. The lowest BCUT2D eigenvalue weighted by atomic mass is 10.2. The Morgan fingerprint density at radius 2 is 1.94 bits per heavy atom. The van der Waals surface area contributed by atoms with Crippen LogP contribution in [0.4, 0.5) is 0 Å². The summed E-state index contributed by atoms with van der Waals surface area (Å²) < 4.78 is 4.50. The van der Waals surface area contributed by atoms with Crippen molar-refractivity contribution in [2.45, 2.75) is 6.42 Å². The summed E-state index contributed by atoms with van der Waals surface area (Å²) in [6.45, 7) is 0. The Bertz CT molecular complexity index is 349. The van der Waals surface area contributed by atoms with Crippen LogP contribution in [0.25, 0.3) is 0 Å². The van der Waals surface area contributed by atoms with Crippen molar-refractivity contribution in [3.8, 4) is 0 Å². The molecule has 0 unspecified atom stereocenters. The predicted octanol–water partition coefficient (Wildman–Crippen LogP) is 2.17. The standard InChI is InChI=1S/C12H14O3S/c1-15-12(14)7-8-16-9-11(13)10-5-3-2-4-6-10/h2-6H,7-9H2,1H3. The molecule has 1 rings (SSSR count). The summed E-state index contributed by atoms with van der Waals surface area (Å²) >= 11 is 1.45. The van der Waals surface area contributed by atoms with Crippen LogP contribution in [0.2, 0.25) is 0 Å². The third-order valence-electron chi connectivity index (χ3n) is 2.01. The quantitative estimate of drug-likeness (QED) is 0.433. The Balaban J connectivity index is 2.24. The molecule has 0 fully saturated rings. The third-order valence-corrected chi connectivity index (χ3v) is 2.97. The molecule has 0 saturated carbocycles. The first-order chi connectivity index (χ1) is 7.74. The van der Waals surface area contributed by atoms with Gasteiger partial charge in [0.15, 0.2) is 5.78 Å². The number of methoxy groups -OCH3 is 1. The van der Waals surface area contributed by atoms with Crippen LogP contribution in [0.15, 0.2) is 30.3 Å². The molecule has 0 heterocycles. The molecule has 0 saturated heterocycles. The second-order valence-corrected chi connectivity index (χ2v) is 4.27. The lowest BCUT2D eigenvalue weighted by Gasteiger charge is -2.01. The van der Waals surface area contributed by atoms with Crippen LogP contribution >= 0.6 is 11.8 Å². The van der Waals surface area contributed by atoms with E-state index in [-0.39, 0.29) is 11.8 Å². The molecule has 86 valence electrons. The second-order valence-electron chi connectivity index (χ2n) is 3.17. The van der Waals surface area contributed by atoms with Gasteiger partial charge in [0.1, 0.15) is 0 Å². The molecule has 0 atom stereocenters. The Labute approximate surface area is 99.2 Å². The summed E-state index contributed by atoms with van der Waals surface area (Å²) in [6, 6.07) is 9.15. The highest BCUT2D eigenvalue weighted by atomic mass is 32.2. The zero-order valence-corrected chi connectivity index (χ0v) is 9.96. The highest BCUT2D eigenvalue weighted by molar-refractivity contribution is 8.00. The smallest absolute Gasteiger partial charge is 0.306 e. The van der Waals surface area contributed by atoms with Gasteiger partial charge in [-0.2, -0.15) is 11.8 Å². The van der Waals surface area contributed by atoms with Crippen LogP contribution in [-0.4, -0.2) is 30.4 Å². The highest BCUT2D eigenvalue weighted by Gasteiger charge is 2.06. The average Bonchev–Trinajstić information content (AvgIpc) is 2.35. The number of carbonyl (C=O) groups excluding carboxylic acids is 2. The van der Waals surface area contributed by atoms with E-state index >= 15 is 0 Å². The minimum Gasteiger partial charge on any atom is -0.469 e. The van der Waals surface area contributed by atoms with Gasteiger partial charge in [0.2, 0.25) is 0 Å². The molecule has 0 amide bonds. The fourth-order valence-corrected chi connectivity index (χ4v) is 1.94. The van der Waals surface area contributed by atoms with Crippen LogP contribution in [0.3, 0.4) is 0 Å². The van der Waals surface area contributed by atoms with E-state index in [1.807, 2.05) is 18.2 Å². The van der Waals surface area contributed by atoms with Gasteiger partial charge in [-0.1, -0.05) is 30.3 Å². The fourth-order valence-electron chi connectivity index (χ4n) is 1.13. The number of carbonyl (C=O) groups is 2. The van der Waals surface area contributed by atoms with Crippen molar-refractivity contribution < 1.29 is 14.3 Å². The van der Waals surface area contributed by atoms with Crippen molar-refractivity contribution in [1.29, 1.82) is 0 Å². The number of Topliss-reactive ketones (excluding diaryl/α,β-unsaturated/α-hetero) is 1. The van der Waals surface area contributed by atoms with Crippen molar-refractivity contribution in [2.24, 2.45) is 0 Å². The van der Waals surface area contributed by atoms with Gasteiger partial charge in [-0.3, -0.25) is 9.59 Å². The van der Waals surface area contributed by atoms with E-state index in [2.05, 4.69) is 4.74 Å². The molecule has 3 nitrogen and oxygen atoms in total. The van der Waals surface area contributed by atoms with Crippen LogP contribution in [0, 0.1) is 0 Å². The van der Waals surface area contributed by atoms with Gasteiger partial charge in [-0.25, -0.2) is 0 Å². The molecule has 0 aliphatic heterocycles. The van der Waals surface area contributed by atoms with Crippen molar-refractivity contribution in [3.63, 3.8) is 0 Å². The van der Waals surface area contributed by atoms with E-state index in [4.69, 9.17) is 0 Å². The van der Waals surface area contributed by atoms with Crippen molar-refractivity contribution >= 4 is 23.5 Å². The van der Waals surface area contributed by atoms with Gasteiger partial charge < -0.3 is 4.74 Å². The number of thioether (sulfide) groups is 1. The van der Waals surface area contributed by atoms with E-state index in [0.29, 0.717) is 23.5 Å². The van der Waals surface area contributed by atoms with E-state index in [1.54, 1.807) is 12.1 Å². The molecular formula is C12H14O3S. The zero-order valence-electron chi connectivity index (χ0n) is 9.14. The van der Waals surface area contributed by atoms with E-state index in [0.717, 1.165) is 0 Å². The van der Waals surface area contributed by atoms with Gasteiger partial charge in [0.05, 0.1) is 19.3 Å². The lowest BCUT2D eigenvalue weighted by molar-refractivity contribution is -0.140. The van der Waals surface area contributed by atoms with E-state index < -0.39 is 0 Å². The first-order valence-electron chi connectivity index (χ1n) is 4.97. The van der Waals surface area contributed by atoms with Gasteiger partial charge in [0.25, 0.3) is 0 Å². The largest absolute Gasteiger partial charge is 0.469 e. The maximum absolute atomic E-state index is 11.6. The molecule has 0 N–H and O–H groups in total. The Morgan fingerprint density at radius 1 is 1.25 bits per heavy atom. The van der Waals surface area contributed by atoms with Gasteiger partial charge in [0, 0.05) is 11.3 Å². The number of hydrogen-bond acceptors (Lipinski definition) is 4. The summed E-state index contributed by atoms with van der Waals surface area (Å²) in [5.41, 5.74) is 0.716. The molecule has 0 aromatic heterocycles. The van der Waals surface area contributed by atoms with Gasteiger partial charge in [-0.15, -0.1) is 0 Å². The van der Waals surface area contributed by atoms with Crippen molar-refractivity contribution in [2.75, 3.05) is 18.6 Å². The number of ketones is 1. The van der Waals surface area contributed by atoms with Crippen molar-refractivity contribution in [3.05, 3.63) is 35.9 Å². The predicted molar refractivity (Wildman–Crippen MR) is 64.7 cm³/mol. The summed E-state index contributed by atoms with van der Waals surface area (Å²) in [6.07, 6.45) is 0.350. The third kappa shape index (κ3) is 4.49. The van der Waals surface area contributed by atoms with Crippen LogP contribution < -0.4 is 0 Å². The van der Waals surface area contributed by atoms with Crippen molar-refractivity contribution in [1.82, 2.24) is 0 Å². The number of hydrogen-bond donors (Lipinski definition) is 0. The Morgan fingerprint density at radius 3 is 2.56 bits per heavy atom. The number of rotatable bonds is 6. The molecule has 1 aromatic carbocycles. The number of benzene rings is 1. The molecule has 1 aromatic rings. The minimum absolute atomic E-state index is 0.0930. The summed E-state index contributed by atoms with van der Waals surface area (Å²) in [5.74, 6) is 0.877. The van der Waals surface area contributed by atoms with Crippen LogP contribution in [-0.2, 0) is 9.53 Å². The Hall–Kier alpha value is -1.29. The monoisotopic (exact) mass is 238 g/mol. The summed E-state index contributed by atoms with van der Waals surface area (Å²) in [7, 11) is 1.36. The maximum atomic E-state index is 11.6. The number of esters is 1. The molecule has 0 radical (unpaired) electrons. The minimum atomic E-state index is -0.236. The van der Waals surface area contributed by atoms with Crippen LogP contribution in [0.1, 0.15) is 16.8 Å². The molecule has 0 aliphatic rings. The molecular weight excluding hydrogens is 224 g/mol. The zero-order chi connectivity index (χ0) is 11.8. The average molecular weight is 238 g/mol. The first kappa shape index (κ1) is 12.8. The van der Waals surface area contributed by atoms with E-state index in [9.17, 15) is 9.59 Å². The maximum Gasteiger partial charge on any atom is 0.306 e. The Kier molecular flexibility index (Phi) is 5.64. The van der Waals surface area contributed by atoms with Gasteiger partial charge >= 0.3 is 5.97 Å². The molecule has 0 spiro atoms. The molecule has 16 heavy (non-hydrogen) atoms. The normalized spacial score (nSPS) is 9.81. The highest BCUT2D eigenvalue weighted by Crippen LogP contribution is 2.08. The second kappa shape index (κ2) is 7.06. The summed E-state index contributed by atoms with van der Waals surface area (Å²) in [4.78, 5) is 22.4. The van der Waals surface area contributed by atoms with Crippen LogP contribution in [0.5, 0.6) is 0 Å². The lowest BCUT2D eigenvalue weighted by Crippen LogP contribution is -2.05. The number of ether oxygens (including phenoxy) is 1. The molecule has 0 bridgehead atoms. The molecule has 0 aliphatic carbocycles. The fraction of sp³-hybridized carbons (Fsp3) is 0.333. The summed E-state index contributed by atoms with van der Waals surface area (Å²) in [5, 5.41) is 0.